The zero-order valence-electron chi connectivity index (χ0n) is 10.6. The summed E-state index contributed by atoms with van der Waals surface area (Å²) in [4.78, 5) is 8.32. The van der Waals surface area contributed by atoms with Gasteiger partial charge in [0.25, 0.3) is 0 Å². The van der Waals surface area contributed by atoms with Gasteiger partial charge in [0.1, 0.15) is 24.6 Å². The average molecular weight is 276 g/mol. The highest BCUT2D eigenvalue weighted by atomic mass is 35.5. The first-order valence-corrected chi connectivity index (χ1v) is 9.48. The molecule has 2 aromatic heterocycles. The van der Waals surface area contributed by atoms with Crippen LogP contribution in [-0.2, 0) is 0 Å². The zero-order valence-corrected chi connectivity index (χ0v) is 12.3. The Hall–Kier alpha value is -1.57. The zero-order chi connectivity index (χ0) is 13.3. The molecule has 0 aliphatic heterocycles. The number of hydrogen-bond donors (Lipinski definition) is 1. The standard InChI is InChI=1S/C13H14ClN3Si/c1-18(2,3)7-6-9-8-16-13(15)12-10(9)4-5-11(14)17-12/h4-5,8H,1-3H3,(H2,15,16). The van der Waals surface area contributed by atoms with E-state index in [1.807, 2.05) is 6.07 Å². The summed E-state index contributed by atoms with van der Waals surface area (Å²) in [5, 5.41) is 1.31. The highest BCUT2D eigenvalue weighted by Crippen LogP contribution is 2.22. The molecule has 0 unspecified atom stereocenters. The van der Waals surface area contributed by atoms with Gasteiger partial charge in [-0.25, -0.2) is 9.97 Å². The molecule has 3 nitrogen and oxygen atoms in total. The monoisotopic (exact) mass is 275 g/mol. The Kier molecular flexibility index (Phi) is 3.29. The van der Waals surface area contributed by atoms with E-state index in [2.05, 4.69) is 41.1 Å². The van der Waals surface area contributed by atoms with Crippen LogP contribution in [0.4, 0.5) is 5.82 Å². The predicted octanol–water partition coefficient (Wildman–Crippen LogP) is 3.09. The first kappa shape index (κ1) is 12.9. The molecular weight excluding hydrogens is 262 g/mol. The van der Waals surface area contributed by atoms with Gasteiger partial charge >= 0.3 is 0 Å². The molecule has 0 bridgehead atoms. The van der Waals surface area contributed by atoms with Crippen molar-refractivity contribution in [2.75, 3.05) is 5.73 Å². The molecule has 0 fully saturated rings. The van der Waals surface area contributed by atoms with Crippen molar-refractivity contribution in [3.8, 4) is 11.5 Å². The van der Waals surface area contributed by atoms with Gasteiger partial charge in [0.2, 0.25) is 0 Å². The maximum absolute atomic E-state index is 5.87. The molecule has 0 aliphatic rings. The van der Waals surface area contributed by atoms with E-state index >= 15 is 0 Å². The Balaban J connectivity index is 2.66. The number of anilines is 1. The number of halogens is 1. The summed E-state index contributed by atoms with van der Waals surface area (Å²) in [6, 6.07) is 3.62. The fourth-order valence-corrected chi connectivity index (χ4v) is 2.12. The summed E-state index contributed by atoms with van der Waals surface area (Å²) in [6.07, 6.45) is 1.69. The molecule has 0 saturated carbocycles. The molecule has 2 rings (SSSR count). The lowest BCUT2D eigenvalue weighted by Gasteiger charge is -2.05. The van der Waals surface area contributed by atoms with Crippen LogP contribution >= 0.6 is 11.6 Å². The molecule has 0 saturated heterocycles. The van der Waals surface area contributed by atoms with Crippen LogP contribution in [0.15, 0.2) is 18.3 Å². The fraction of sp³-hybridized carbons (Fsp3) is 0.231. The van der Waals surface area contributed by atoms with E-state index in [1.165, 1.54) is 0 Å². The Morgan fingerprint density at radius 2 is 2.00 bits per heavy atom. The highest BCUT2D eigenvalue weighted by Gasteiger charge is 2.09. The minimum Gasteiger partial charge on any atom is -0.382 e. The Bertz CT molecular complexity index is 665. The van der Waals surface area contributed by atoms with E-state index < -0.39 is 8.07 Å². The predicted molar refractivity (Wildman–Crippen MR) is 79.2 cm³/mol. The van der Waals surface area contributed by atoms with E-state index in [0.717, 1.165) is 10.9 Å². The normalized spacial score (nSPS) is 11.1. The summed E-state index contributed by atoms with van der Waals surface area (Å²) in [5.41, 5.74) is 10.6. The first-order valence-electron chi connectivity index (χ1n) is 5.61. The summed E-state index contributed by atoms with van der Waals surface area (Å²) in [5.74, 6) is 3.57. The van der Waals surface area contributed by atoms with Crippen molar-refractivity contribution in [3.05, 3.63) is 29.0 Å². The number of nitrogens with zero attached hydrogens (tertiary/aromatic N) is 2. The molecule has 2 N–H and O–H groups in total. The van der Waals surface area contributed by atoms with Gasteiger partial charge in [-0.1, -0.05) is 37.2 Å². The van der Waals surface area contributed by atoms with Crippen molar-refractivity contribution in [2.45, 2.75) is 19.6 Å². The van der Waals surface area contributed by atoms with Gasteiger partial charge in [-0.05, 0) is 12.1 Å². The second-order valence-electron chi connectivity index (χ2n) is 5.09. The Morgan fingerprint density at radius 1 is 1.28 bits per heavy atom. The number of hydrogen-bond acceptors (Lipinski definition) is 3. The van der Waals surface area contributed by atoms with Gasteiger partial charge in [0.05, 0.1) is 5.56 Å². The van der Waals surface area contributed by atoms with Crippen LogP contribution in [0.2, 0.25) is 24.8 Å². The van der Waals surface area contributed by atoms with Gasteiger partial charge in [0, 0.05) is 11.6 Å². The maximum Gasteiger partial charge on any atom is 0.150 e. The third-order valence-corrected chi connectivity index (χ3v) is 3.38. The van der Waals surface area contributed by atoms with Crippen LogP contribution in [-0.4, -0.2) is 18.0 Å². The SMILES string of the molecule is C[Si](C)(C)C#Cc1cnc(N)c2nc(Cl)ccc12. The lowest BCUT2D eigenvalue weighted by molar-refractivity contribution is 1.31. The maximum atomic E-state index is 5.87. The molecule has 0 amide bonds. The van der Waals surface area contributed by atoms with Crippen LogP contribution in [0.25, 0.3) is 10.9 Å². The molecule has 0 aromatic carbocycles. The van der Waals surface area contributed by atoms with E-state index in [0.29, 0.717) is 16.5 Å². The minimum absolute atomic E-state index is 0.381. The van der Waals surface area contributed by atoms with Gasteiger partial charge in [-0.2, -0.15) is 0 Å². The van der Waals surface area contributed by atoms with Crippen molar-refractivity contribution >= 4 is 36.4 Å². The highest BCUT2D eigenvalue weighted by molar-refractivity contribution is 6.83. The smallest absolute Gasteiger partial charge is 0.150 e. The largest absolute Gasteiger partial charge is 0.382 e. The molecule has 5 heteroatoms. The Morgan fingerprint density at radius 3 is 2.67 bits per heavy atom. The lowest BCUT2D eigenvalue weighted by Crippen LogP contribution is -2.16. The second kappa shape index (κ2) is 4.60. The molecule has 18 heavy (non-hydrogen) atoms. The summed E-state index contributed by atoms with van der Waals surface area (Å²) >= 11 is 5.87. The van der Waals surface area contributed by atoms with Crippen molar-refractivity contribution < 1.29 is 0 Å². The summed E-state index contributed by atoms with van der Waals surface area (Å²) in [7, 11) is -1.42. The van der Waals surface area contributed by atoms with Gasteiger partial charge < -0.3 is 5.73 Å². The fourth-order valence-electron chi connectivity index (χ4n) is 1.47. The second-order valence-corrected chi connectivity index (χ2v) is 10.2. The Labute approximate surface area is 112 Å². The number of fused-ring (bicyclic) bond motifs is 1. The molecule has 0 radical (unpaired) electrons. The molecule has 2 heterocycles. The topological polar surface area (TPSA) is 51.8 Å². The molecule has 2 aromatic rings. The molecule has 0 atom stereocenters. The number of rotatable bonds is 0. The van der Waals surface area contributed by atoms with Crippen LogP contribution in [0.1, 0.15) is 5.56 Å². The average Bonchev–Trinajstić information content (AvgIpc) is 2.27. The molecular formula is C13H14ClN3Si. The van der Waals surface area contributed by atoms with Crippen LogP contribution < -0.4 is 5.73 Å². The van der Waals surface area contributed by atoms with Gasteiger partial charge in [0.15, 0.2) is 0 Å². The minimum atomic E-state index is -1.42. The quantitative estimate of drug-likeness (QED) is 0.457. The third kappa shape index (κ3) is 2.81. The van der Waals surface area contributed by atoms with Crippen molar-refractivity contribution in [2.24, 2.45) is 0 Å². The van der Waals surface area contributed by atoms with E-state index in [9.17, 15) is 0 Å². The summed E-state index contributed by atoms with van der Waals surface area (Å²) in [6.45, 7) is 6.59. The number of nitrogens with two attached hydrogens (primary N) is 1. The summed E-state index contributed by atoms with van der Waals surface area (Å²) < 4.78 is 0. The van der Waals surface area contributed by atoms with Crippen LogP contribution in [0, 0.1) is 11.5 Å². The molecule has 92 valence electrons. The van der Waals surface area contributed by atoms with Gasteiger partial charge in [-0.3, -0.25) is 0 Å². The number of nitrogen functional groups attached to an aromatic ring is 1. The first-order chi connectivity index (χ1) is 8.37. The van der Waals surface area contributed by atoms with Crippen molar-refractivity contribution in [1.29, 1.82) is 0 Å². The molecule has 0 spiro atoms. The molecule has 0 aliphatic carbocycles. The van der Waals surface area contributed by atoms with Crippen LogP contribution in [0.5, 0.6) is 0 Å². The van der Waals surface area contributed by atoms with Gasteiger partial charge in [-0.15, -0.1) is 5.54 Å². The van der Waals surface area contributed by atoms with Crippen LogP contribution in [0.3, 0.4) is 0 Å². The van der Waals surface area contributed by atoms with Crippen molar-refractivity contribution in [1.82, 2.24) is 9.97 Å². The number of pyridine rings is 2. The number of aromatic nitrogens is 2. The third-order valence-electron chi connectivity index (χ3n) is 2.30. The lowest BCUT2D eigenvalue weighted by atomic mass is 10.1. The van der Waals surface area contributed by atoms with E-state index in [4.69, 9.17) is 17.3 Å². The van der Waals surface area contributed by atoms with Crippen molar-refractivity contribution in [3.63, 3.8) is 0 Å². The van der Waals surface area contributed by atoms with E-state index in [-0.39, 0.29) is 0 Å². The van der Waals surface area contributed by atoms with E-state index in [1.54, 1.807) is 12.3 Å².